The summed E-state index contributed by atoms with van der Waals surface area (Å²) in [5, 5.41) is 0. The van der Waals surface area contributed by atoms with Crippen molar-refractivity contribution in [3.05, 3.63) is 59.2 Å². The first-order valence-electron chi connectivity index (χ1n) is 18.7. The molecule has 0 N–H and O–H groups in total. The third-order valence-electron chi connectivity index (χ3n) is 10.4. The standard InChI is InChI=1S/C36H47F2N5O.2C2H6/c1-4-39-34(30-13-8-12-29-11-6-5-7-14-31(37)32(29)30)33(38)25(2)40-35(44-24-36-17-9-19-43(36)20-10-18-36)41-26(3)42-22-27-15-16-28(21-27)23-42;2*1-2/h4,6,8,11-13,27-28,31H,3,5,7,9-10,14-24H2,1-2H3;2*1-2H3/b11-6-,34-33+,39-4?,40-25+,41-35+;;. The number of benzene rings is 1. The Bertz CT molecular complexity index is 1370. The largest absolute Gasteiger partial charge is 0.461 e. The van der Waals surface area contributed by atoms with Crippen molar-refractivity contribution in [2.75, 3.05) is 32.8 Å². The number of allylic oxidation sites excluding steroid dienone is 2. The van der Waals surface area contributed by atoms with E-state index in [1.54, 1.807) is 26.1 Å². The molecule has 3 atom stereocenters. The van der Waals surface area contributed by atoms with E-state index in [1.807, 2.05) is 45.9 Å². The summed E-state index contributed by atoms with van der Waals surface area (Å²) in [6.07, 6.45) is 14.5. The Morgan fingerprint density at radius 2 is 1.71 bits per heavy atom. The molecule has 8 heteroatoms. The van der Waals surface area contributed by atoms with Gasteiger partial charge < -0.3 is 9.64 Å². The zero-order chi connectivity index (χ0) is 34.7. The van der Waals surface area contributed by atoms with Crippen LogP contribution >= 0.6 is 0 Å². The van der Waals surface area contributed by atoms with E-state index in [0.29, 0.717) is 41.8 Å². The number of fused-ring (bicyclic) bond motifs is 4. The van der Waals surface area contributed by atoms with Crippen molar-refractivity contribution in [2.24, 2.45) is 26.8 Å². The van der Waals surface area contributed by atoms with Gasteiger partial charge in [0.25, 0.3) is 0 Å². The highest BCUT2D eigenvalue weighted by atomic mass is 19.1. The molecule has 5 aliphatic rings. The molecule has 48 heavy (non-hydrogen) atoms. The monoisotopic (exact) mass is 663 g/mol. The molecule has 6 rings (SSSR count). The first-order valence-corrected chi connectivity index (χ1v) is 18.7. The number of nitrogens with zero attached hydrogens (tertiary/aromatic N) is 5. The van der Waals surface area contributed by atoms with Gasteiger partial charge in [-0.15, -0.1) is 0 Å². The van der Waals surface area contributed by atoms with Crippen LogP contribution in [0.25, 0.3) is 11.8 Å². The van der Waals surface area contributed by atoms with Crippen LogP contribution in [0.5, 0.6) is 0 Å². The number of hydrogen-bond donors (Lipinski definition) is 0. The van der Waals surface area contributed by atoms with E-state index in [-0.39, 0.29) is 23.0 Å². The molecule has 0 radical (unpaired) electrons. The number of likely N-dealkylation sites (tertiary alicyclic amines) is 1. The highest BCUT2D eigenvalue weighted by molar-refractivity contribution is 6.08. The molecule has 3 saturated heterocycles. The summed E-state index contributed by atoms with van der Waals surface area (Å²) in [4.78, 5) is 18.6. The molecule has 1 aromatic rings. The molecule has 1 saturated carbocycles. The van der Waals surface area contributed by atoms with E-state index < -0.39 is 12.0 Å². The van der Waals surface area contributed by atoms with E-state index in [2.05, 4.69) is 32.4 Å². The molecule has 2 aliphatic carbocycles. The zero-order valence-electron chi connectivity index (χ0n) is 30.4. The SMILES string of the molecule is C=C(\N=C(/N=C(C)/C(F)=C(\N=CC)c1cccc2c1C(F)CCC/C=C\2)OCC12CCCN1CCC2)N1CC2CCC(C2)C1.CC.CC. The lowest BCUT2D eigenvalue weighted by atomic mass is 9.90. The average molecular weight is 664 g/mol. The minimum absolute atomic E-state index is 0.00815. The van der Waals surface area contributed by atoms with E-state index in [4.69, 9.17) is 9.73 Å². The Balaban J connectivity index is 0.00000125. The number of aliphatic imine (C=N–C) groups is 3. The van der Waals surface area contributed by atoms with Crippen molar-refractivity contribution in [1.29, 1.82) is 0 Å². The normalized spacial score (nSPS) is 26.2. The number of ether oxygens (including phenoxy) is 1. The molecule has 1 aromatic carbocycles. The Kier molecular flexibility index (Phi) is 14.2. The molecule has 3 unspecified atom stereocenters. The van der Waals surface area contributed by atoms with Crippen molar-refractivity contribution in [3.8, 4) is 0 Å². The van der Waals surface area contributed by atoms with Crippen LogP contribution in [0.2, 0.25) is 0 Å². The second-order valence-corrected chi connectivity index (χ2v) is 13.3. The average Bonchev–Trinajstić information content (AvgIpc) is 3.79. The van der Waals surface area contributed by atoms with Crippen molar-refractivity contribution in [1.82, 2.24) is 9.80 Å². The van der Waals surface area contributed by atoms with Gasteiger partial charge in [-0.25, -0.2) is 8.78 Å². The van der Waals surface area contributed by atoms with Gasteiger partial charge in [-0.1, -0.05) is 64.6 Å². The molecule has 3 aliphatic heterocycles. The molecule has 2 bridgehead atoms. The van der Waals surface area contributed by atoms with Crippen LogP contribution < -0.4 is 0 Å². The summed E-state index contributed by atoms with van der Waals surface area (Å²) >= 11 is 0. The number of amidine groups is 1. The second-order valence-electron chi connectivity index (χ2n) is 13.3. The molecule has 264 valence electrons. The van der Waals surface area contributed by atoms with Crippen molar-refractivity contribution < 1.29 is 13.5 Å². The van der Waals surface area contributed by atoms with Gasteiger partial charge >= 0.3 is 6.02 Å². The van der Waals surface area contributed by atoms with Crippen molar-refractivity contribution in [2.45, 2.75) is 117 Å². The topological polar surface area (TPSA) is 52.8 Å². The molecule has 0 amide bonds. The zero-order valence-corrected chi connectivity index (χ0v) is 30.4. The summed E-state index contributed by atoms with van der Waals surface area (Å²) in [6, 6.07) is 5.59. The van der Waals surface area contributed by atoms with Crippen LogP contribution in [0.4, 0.5) is 8.78 Å². The quantitative estimate of drug-likeness (QED) is 0.216. The Morgan fingerprint density at radius 1 is 1.02 bits per heavy atom. The van der Waals surface area contributed by atoms with Crippen LogP contribution in [0.15, 0.2) is 57.5 Å². The fourth-order valence-corrected chi connectivity index (χ4v) is 8.14. The maximum absolute atomic E-state index is 16.5. The van der Waals surface area contributed by atoms with E-state index in [9.17, 15) is 0 Å². The first kappa shape index (κ1) is 37.7. The lowest BCUT2D eigenvalue weighted by Crippen LogP contribution is -2.43. The molecular formula is C40H59F2N5O. The van der Waals surface area contributed by atoms with E-state index >= 15 is 8.78 Å². The lowest BCUT2D eigenvalue weighted by molar-refractivity contribution is 0.105. The summed E-state index contributed by atoms with van der Waals surface area (Å²) in [6.45, 7) is 20.2. The minimum atomic E-state index is -1.21. The molecular weight excluding hydrogens is 604 g/mol. The smallest absolute Gasteiger partial charge is 0.318 e. The maximum Gasteiger partial charge on any atom is 0.318 e. The first-order chi connectivity index (χ1) is 23.4. The fraction of sp³-hybridized carbons (Fsp3) is 0.625. The molecule has 3 heterocycles. The van der Waals surface area contributed by atoms with Gasteiger partial charge in [-0.05, 0) is 109 Å². The Morgan fingerprint density at radius 3 is 2.38 bits per heavy atom. The Hall–Kier alpha value is -3.13. The fourth-order valence-electron chi connectivity index (χ4n) is 8.14. The van der Waals surface area contributed by atoms with Crippen molar-refractivity contribution in [3.63, 3.8) is 0 Å². The number of piperidine rings is 1. The summed E-state index contributed by atoms with van der Waals surface area (Å²) in [7, 11) is 0. The lowest BCUT2D eigenvalue weighted by Gasteiger charge is -2.33. The number of halogens is 2. The summed E-state index contributed by atoms with van der Waals surface area (Å²) in [5.74, 6) is 1.35. The number of rotatable bonds is 7. The number of hydrogen-bond acceptors (Lipinski definition) is 5. The second kappa shape index (κ2) is 18.0. The molecule has 0 spiro atoms. The van der Waals surface area contributed by atoms with Crippen LogP contribution in [0.1, 0.15) is 129 Å². The van der Waals surface area contributed by atoms with E-state index in [1.165, 1.54) is 19.3 Å². The summed E-state index contributed by atoms with van der Waals surface area (Å²) < 4.78 is 38.4. The predicted molar refractivity (Wildman–Crippen MR) is 199 cm³/mol. The van der Waals surface area contributed by atoms with Gasteiger partial charge in [-0.2, -0.15) is 9.98 Å². The van der Waals surface area contributed by atoms with Crippen molar-refractivity contribution >= 4 is 29.7 Å². The number of alkyl halides is 1. The highest BCUT2D eigenvalue weighted by Gasteiger charge is 2.45. The molecule has 0 aromatic heterocycles. The third-order valence-corrected chi connectivity index (χ3v) is 10.4. The molecule has 6 nitrogen and oxygen atoms in total. The highest BCUT2D eigenvalue weighted by Crippen LogP contribution is 2.40. The molecule has 4 fully saturated rings. The van der Waals surface area contributed by atoms with Gasteiger partial charge in [0.15, 0.2) is 5.83 Å². The van der Waals surface area contributed by atoms with Crippen LogP contribution in [-0.2, 0) is 4.74 Å². The van der Waals surface area contributed by atoms with Gasteiger partial charge in [0.05, 0.1) is 11.3 Å². The minimum Gasteiger partial charge on any atom is -0.461 e. The van der Waals surface area contributed by atoms with E-state index in [0.717, 1.165) is 70.3 Å². The Labute approximate surface area is 288 Å². The van der Waals surface area contributed by atoms with Crippen LogP contribution in [0.3, 0.4) is 0 Å². The van der Waals surface area contributed by atoms with Gasteiger partial charge in [-0.3, -0.25) is 9.89 Å². The van der Waals surface area contributed by atoms with Gasteiger partial charge in [0.1, 0.15) is 24.3 Å². The predicted octanol–water partition coefficient (Wildman–Crippen LogP) is 10.3. The van der Waals surface area contributed by atoms with Crippen LogP contribution in [0, 0.1) is 11.8 Å². The third kappa shape index (κ3) is 8.71. The maximum atomic E-state index is 16.5. The van der Waals surface area contributed by atoms with Crippen LogP contribution in [-0.4, -0.2) is 66.1 Å². The van der Waals surface area contributed by atoms with Gasteiger partial charge in [0.2, 0.25) is 0 Å². The van der Waals surface area contributed by atoms with Gasteiger partial charge in [0, 0.05) is 30.4 Å². The summed E-state index contributed by atoms with van der Waals surface area (Å²) in [5.41, 5.74) is 1.85.